The summed E-state index contributed by atoms with van der Waals surface area (Å²) in [4.78, 5) is 14.7. The van der Waals surface area contributed by atoms with E-state index >= 15 is 0 Å². The molecule has 25 heavy (non-hydrogen) atoms. The Morgan fingerprint density at radius 3 is 2.92 bits per heavy atom. The molecule has 3 aliphatic carbocycles. The van der Waals surface area contributed by atoms with Crippen LogP contribution in [0.1, 0.15) is 56.2 Å². The fraction of sp³-hybridized carbons (Fsp3) is 0.650. The highest BCUT2D eigenvalue weighted by Crippen LogP contribution is 2.58. The Kier molecular flexibility index (Phi) is 4.14. The van der Waals surface area contributed by atoms with Crippen LogP contribution in [0.25, 0.3) is 0 Å². The fourth-order valence-electron chi connectivity index (χ4n) is 5.12. The Morgan fingerprint density at radius 1 is 1.44 bits per heavy atom. The van der Waals surface area contributed by atoms with Gasteiger partial charge in [0.1, 0.15) is 5.75 Å². The third-order valence-electron chi connectivity index (χ3n) is 6.73. The fourth-order valence-corrected chi connectivity index (χ4v) is 5.12. The number of aromatic hydroxyl groups is 1. The number of phenolic OH excluding ortho intramolecular Hbond substituents is 1. The van der Waals surface area contributed by atoms with Gasteiger partial charge in [0.05, 0.1) is 12.1 Å². The summed E-state index contributed by atoms with van der Waals surface area (Å²) in [5, 5.41) is 13.2. The highest BCUT2D eigenvalue weighted by atomic mass is 16.5. The molecular formula is C20H28N2O3. The third kappa shape index (κ3) is 2.51. The van der Waals surface area contributed by atoms with Crippen LogP contribution in [0.2, 0.25) is 0 Å². The van der Waals surface area contributed by atoms with Gasteiger partial charge < -0.3 is 20.1 Å². The first-order valence-electron chi connectivity index (χ1n) is 9.52. The number of rotatable bonds is 4. The van der Waals surface area contributed by atoms with Gasteiger partial charge in [-0.25, -0.2) is 4.79 Å². The first-order valence-corrected chi connectivity index (χ1v) is 9.52. The van der Waals surface area contributed by atoms with Gasteiger partial charge in [0.15, 0.2) is 0 Å². The van der Waals surface area contributed by atoms with Gasteiger partial charge in [-0.3, -0.25) is 0 Å². The van der Waals surface area contributed by atoms with E-state index in [4.69, 9.17) is 4.74 Å². The maximum Gasteiger partial charge on any atom is 0.317 e. The van der Waals surface area contributed by atoms with Gasteiger partial charge in [0, 0.05) is 25.1 Å². The molecule has 1 spiro atoms. The molecule has 1 aromatic carbocycles. The van der Waals surface area contributed by atoms with Crippen LogP contribution < -0.4 is 5.32 Å². The van der Waals surface area contributed by atoms with Crippen molar-refractivity contribution in [2.75, 3.05) is 13.7 Å². The molecule has 0 aromatic heterocycles. The molecule has 0 aliphatic heterocycles. The molecule has 2 N–H and O–H groups in total. The Labute approximate surface area is 149 Å². The van der Waals surface area contributed by atoms with Gasteiger partial charge in [0.25, 0.3) is 0 Å². The molecule has 2 amide bonds. The molecule has 5 heteroatoms. The molecule has 0 radical (unpaired) electrons. The Bertz CT molecular complexity index is 671. The summed E-state index contributed by atoms with van der Waals surface area (Å²) >= 11 is 0. The lowest BCUT2D eigenvalue weighted by Gasteiger charge is -2.63. The van der Waals surface area contributed by atoms with Crippen molar-refractivity contribution in [2.24, 2.45) is 5.41 Å². The lowest BCUT2D eigenvalue weighted by Crippen LogP contribution is -2.68. The predicted molar refractivity (Wildman–Crippen MR) is 95.6 cm³/mol. The van der Waals surface area contributed by atoms with Crippen LogP contribution in [0.3, 0.4) is 0 Å². The number of nitrogens with zero attached hydrogens (tertiary/aromatic N) is 1. The molecule has 0 unspecified atom stereocenters. The van der Waals surface area contributed by atoms with Crippen LogP contribution in [0.4, 0.5) is 4.79 Å². The van der Waals surface area contributed by atoms with Gasteiger partial charge in [-0.2, -0.15) is 0 Å². The molecule has 5 nitrogen and oxygen atoms in total. The van der Waals surface area contributed by atoms with Crippen molar-refractivity contribution in [3.05, 3.63) is 29.3 Å². The summed E-state index contributed by atoms with van der Waals surface area (Å²) in [6.45, 7) is 2.79. The van der Waals surface area contributed by atoms with E-state index in [0.717, 1.165) is 37.0 Å². The minimum atomic E-state index is -0.00702. The number of phenols is 1. The molecule has 136 valence electrons. The zero-order valence-electron chi connectivity index (χ0n) is 15.1. The highest BCUT2D eigenvalue weighted by molar-refractivity contribution is 5.75. The Hall–Kier alpha value is -1.75. The molecular weight excluding hydrogens is 316 g/mol. The lowest BCUT2D eigenvalue weighted by atomic mass is 9.50. The number of carbonyl (C=O) groups excluding carboxylic acids is 1. The predicted octanol–water partition coefficient (Wildman–Crippen LogP) is 3.37. The number of hydrogen-bond acceptors (Lipinski definition) is 3. The number of fused-ring (bicyclic) bond motifs is 1. The van der Waals surface area contributed by atoms with Crippen molar-refractivity contribution >= 4 is 6.03 Å². The maximum atomic E-state index is 12.8. The van der Waals surface area contributed by atoms with Crippen LogP contribution in [-0.4, -0.2) is 41.8 Å². The summed E-state index contributed by atoms with van der Waals surface area (Å²) in [5.41, 5.74) is 2.22. The largest absolute Gasteiger partial charge is 0.508 e. The first-order chi connectivity index (χ1) is 12.1. The smallest absolute Gasteiger partial charge is 0.317 e. The lowest BCUT2D eigenvalue weighted by molar-refractivity contribution is -0.192. The van der Waals surface area contributed by atoms with E-state index in [2.05, 4.69) is 5.32 Å². The van der Waals surface area contributed by atoms with Crippen molar-refractivity contribution in [2.45, 2.75) is 63.6 Å². The quantitative estimate of drug-likeness (QED) is 0.880. The molecule has 4 rings (SSSR count). The number of benzene rings is 1. The Morgan fingerprint density at radius 2 is 2.24 bits per heavy atom. The average Bonchev–Trinajstić information content (AvgIpc) is 2.93. The van der Waals surface area contributed by atoms with Crippen molar-refractivity contribution in [3.63, 3.8) is 0 Å². The topological polar surface area (TPSA) is 61.8 Å². The number of hydrogen-bond donors (Lipinski definition) is 2. The SMILES string of the molecule is CCO[C@@H]1C[C@H](N(C)C(=O)N[C@@H]2CCc3c(O)cccc32)C12CCC2. The number of carbonyl (C=O) groups is 1. The molecule has 0 bridgehead atoms. The van der Waals surface area contributed by atoms with Crippen LogP contribution in [-0.2, 0) is 11.2 Å². The number of ether oxygens (including phenoxy) is 1. The average molecular weight is 344 g/mol. The summed E-state index contributed by atoms with van der Waals surface area (Å²) in [5.74, 6) is 0.342. The molecule has 0 saturated heterocycles. The van der Waals surface area contributed by atoms with E-state index in [0.29, 0.717) is 11.9 Å². The number of urea groups is 1. The van der Waals surface area contributed by atoms with Gasteiger partial charge in [-0.05, 0) is 56.2 Å². The maximum absolute atomic E-state index is 12.8. The van der Waals surface area contributed by atoms with E-state index in [1.807, 2.05) is 31.0 Å². The zero-order chi connectivity index (χ0) is 17.6. The molecule has 2 saturated carbocycles. The van der Waals surface area contributed by atoms with E-state index in [1.54, 1.807) is 6.07 Å². The summed E-state index contributed by atoms with van der Waals surface area (Å²) < 4.78 is 5.90. The van der Waals surface area contributed by atoms with Crippen molar-refractivity contribution in [1.82, 2.24) is 10.2 Å². The second-order valence-electron chi connectivity index (χ2n) is 7.78. The minimum absolute atomic E-state index is 0.00263. The molecule has 1 aromatic rings. The van der Waals surface area contributed by atoms with Crippen LogP contribution in [0, 0.1) is 5.41 Å². The third-order valence-corrected chi connectivity index (χ3v) is 6.73. The van der Waals surface area contributed by atoms with Crippen molar-refractivity contribution < 1.29 is 14.6 Å². The summed E-state index contributed by atoms with van der Waals surface area (Å²) in [7, 11) is 1.92. The van der Waals surface area contributed by atoms with Gasteiger partial charge in [-0.15, -0.1) is 0 Å². The number of amides is 2. The normalized spacial score (nSPS) is 28.8. The van der Waals surface area contributed by atoms with Crippen molar-refractivity contribution in [3.8, 4) is 5.75 Å². The molecule has 3 atom stereocenters. The molecule has 0 heterocycles. The highest BCUT2D eigenvalue weighted by Gasteiger charge is 2.61. The van der Waals surface area contributed by atoms with E-state index in [1.165, 1.54) is 19.3 Å². The summed E-state index contributed by atoms with van der Waals surface area (Å²) in [6.07, 6.45) is 6.50. The zero-order valence-corrected chi connectivity index (χ0v) is 15.1. The van der Waals surface area contributed by atoms with E-state index in [-0.39, 0.29) is 23.5 Å². The van der Waals surface area contributed by atoms with Crippen LogP contribution in [0.5, 0.6) is 5.75 Å². The van der Waals surface area contributed by atoms with E-state index in [9.17, 15) is 9.90 Å². The van der Waals surface area contributed by atoms with Crippen LogP contribution >= 0.6 is 0 Å². The second-order valence-corrected chi connectivity index (χ2v) is 7.78. The standard InChI is InChI=1S/C20H28N2O3/c1-3-25-18-12-17(20(18)10-5-11-20)22(2)19(24)21-15-9-8-14-13(15)6-4-7-16(14)23/h4,6-7,15,17-18,23H,3,5,8-12H2,1-2H3,(H,21,24)/t15-,17+,18-/m1/s1. The van der Waals surface area contributed by atoms with E-state index < -0.39 is 0 Å². The first kappa shape index (κ1) is 16.7. The second kappa shape index (κ2) is 6.20. The Balaban J connectivity index is 1.42. The van der Waals surface area contributed by atoms with Crippen molar-refractivity contribution in [1.29, 1.82) is 0 Å². The van der Waals surface area contributed by atoms with Gasteiger partial charge in [-0.1, -0.05) is 18.6 Å². The van der Waals surface area contributed by atoms with Gasteiger partial charge >= 0.3 is 6.03 Å². The summed E-state index contributed by atoms with van der Waals surface area (Å²) in [6, 6.07) is 5.85. The molecule has 3 aliphatic rings. The van der Waals surface area contributed by atoms with Crippen LogP contribution in [0.15, 0.2) is 18.2 Å². The van der Waals surface area contributed by atoms with Gasteiger partial charge in [0.2, 0.25) is 0 Å². The molecule has 2 fully saturated rings. The monoisotopic (exact) mass is 344 g/mol. The minimum Gasteiger partial charge on any atom is -0.508 e. The number of nitrogens with one attached hydrogen (secondary N) is 1.